The summed E-state index contributed by atoms with van der Waals surface area (Å²) in [7, 11) is 1.79. The first kappa shape index (κ1) is 9.52. The van der Waals surface area contributed by atoms with Crippen LogP contribution in [0.15, 0.2) is 6.20 Å². The molecule has 1 aliphatic carbocycles. The summed E-state index contributed by atoms with van der Waals surface area (Å²) in [5.41, 5.74) is 7.72. The summed E-state index contributed by atoms with van der Waals surface area (Å²) in [6, 6.07) is 0. The molecule has 2 rings (SSSR count). The minimum Gasteiger partial charge on any atom is -0.396 e. The predicted octanol–water partition coefficient (Wildman–Crippen LogP) is 1.66. The van der Waals surface area contributed by atoms with Gasteiger partial charge in [-0.1, -0.05) is 0 Å². The highest BCUT2D eigenvalue weighted by atomic mass is 16.5. The number of hydrogen-bond acceptors (Lipinski definition) is 3. The Hall–Kier alpha value is -1.03. The molecule has 1 fully saturated rings. The number of aromatic nitrogens is 2. The van der Waals surface area contributed by atoms with E-state index in [-0.39, 0.29) is 0 Å². The van der Waals surface area contributed by atoms with Crippen LogP contribution in [-0.2, 0) is 4.74 Å². The number of aromatic amines is 1. The summed E-state index contributed by atoms with van der Waals surface area (Å²) >= 11 is 0. The maximum Gasteiger partial charge on any atom is 0.0733 e. The largest absolute Gasteiger partial charge is 0.396 e. The van der Waals surface area contributed by atoms with Gasteiger partial charge < -0.3 is 10.5 Å². The Kier molecular flexibility index (Phi) is 2.72. The fraction of sp³-hybridized carbons (Fsp3) is 0.700. The molecular weight excluding hydrogens is 178 g/mol. The van der Waals surface area contributed by atoms with Gasteiger partial charge in [-0.3, -0.25) is 5.10 Å². The number of nitrogens with two attached hydrogens (primary N) is 1. The zero-order valence-electron chi connectivity index (χ0n) is 8.49. The van der Waals surface area contributed by atoms with Gasteiger partial charge in [0, 0.05) is 13.0 Å². The van der Waals surface area contributed by atoms with E-state index in [9.17, 15) is 0 Å². The summed E-state index contributed by atoms with van der Waals surface area (Å²) in [6.07, 6.45) is 6.67. The third-order valence-electron chi connectivity index (χ3n) is 3.12. The lowest BCUT2D eigenvalue weighted by Gasteiger charge is -2.26. The molecule has 0 bridgehead atoms. The van der Waals surface area contributed by atoms with Gasteiger partial charge in [0.05, 0.1) is 23.7 Å². The molecule has 1 saturated carbocycles. The average Bonchev–Trinajstić information content (AvgIpc) is 2.65. The molecule has 3 N–H and O–H groups in total. The molecule has 1 heterocycles. The number of anilines is 1. The van der Waals surface area contributed by atoms with Crippen LogP contribution in [0.4, 0.5) is 5.69 Å². The molecule has 1 aromatic heterocycles. The first-order valence-electron chi connectivity index (χ1n) is 5.12. The molecule has 14 heavy (non-hydrogen) atoms. The van der Waals surface area contributed by atoms with Gasteiger partial charge in [-0.15, -0.1) is 0 Å². The Bertz CT molecular complexity index is 289. The molecular formula is C10H17N3O. The summed E-state index contributed by atoms with van der Waals surface area (Å²) in [6.45, 7) is 0. The van der Waals surface area contributed by atoms with Crippen LogP contribution >= 0.6 is 0 Å². The van der Waals surface area contributed by atoms with Crippen molar-refractivity contribution >= 4 is 5.69 Å². The van der Waals surface area contributed by atoms with Gasteiger partial charge in [-0.2, -0.15) is 5.10 Å². The molecule has 0 unspecified atom stereocenters. The maximum atomic E-state index is 5.81. The number of nitrogen functional groups attached to an aromatic ring is 1. The second kappa shape index (κ2) is 4.00. The number of nitrogens with one attached hydrogen (secondary N) is 1. The summed E-state index contributed by atoms with van der Waals surface area (Å²) in [5.74, 6) is 0.545. The Balaban J connectivity index is 1.99. The Morgan fingerprint density at radius 2 is 2.14 bits per heavy atom. The fourth-order valence-electron chi connectivity index (χ4n) is 2.22. The molecule has 1 aliphatic rings. The smallest absolute Gasteiger partial charge is 0.0733 e. The van der Waals surface area contributed by atoms with Crippen LogP contribution in [0.5, 0.6) is 0 Å². The average molecular weight is 195 g/mol. The van der Waals surface area contributed by atoms with Crippen LogP contribution in [0.2, 0.25) is 0 Å². The third kappa shape index (κ3) is 1.75. The highest BCUT2D eigenvalue weighted by Gasteiger charge is 2.24. The topological polar surface area (TPSA) is 63.9 Å². The van der Waals surface area contributed by atoms with E-state index in [0.717, 1.165) is 37.1 Å². The van der Waals surface area contributed by atoms with Gasteiger partial charge in [-0.25, -0.2) is 0 Å². The zero-order valence-corrected chi connectivity index (χ0v) is 8.49. The van der Waals surface area contributed by atoms with Crippen molar-refractivity contribution in [1.82, 2.24) is 10.2 Å². The van der Waals surface area contributed by atoms with E-state index < -0.39 is 0 Å². The van der Waals surface area contributed by atoms with Crippen molar-refractivity contribution in [3.63, 3.8) is 0 Å². The van der Waals surface area contributed by atoms with E-state index in [1.54, 1.807) is 13.3 Å². The van der Waals surface area contributed by atoms with Gasteiger partial charge in [0.1, 0.15) is 0 Å². The predicted molar refractivity (Wildman–Crippen MR) is 55.0 cm³/mol. The van der Waals surface area contributed by atoms with Crippen molar-refractivity contribution in [2.75, 3.05) is 12.8 Å². The van der Waals surface area contributed by atoms with Crippen molar-refractivity contribution in [2.45, 2.75) is 37.7 Å². The van der Waals surface area contributed by atoms with Crippen LogP contribution in [0.25, 0.3) is 0 Å². The van der Waals surface area contributed by atoms with Crippen molar-refractivity contribution in [2.24, 2.45) is 0 Å². The van der Waals surface area contributed by atoms with Gasteiger partial charge >= 0.3 is 0 Å². The zero-order chi connectivity index (χ0) is 9.97. The van der Waals surface area contributed by atoms with Crippen LogP contribution in [0.3, 0.4) is 0 Å². The van der Waals surface area contributed by atoms with Crippen LogP contribution < -0.4 is 5.73 Å². The molecule has 4 heteroatoms. The van der Waals surface area contributed by atoms with Gasteiger partial charge in [0.2, 0.25) is 0 Å². The SMILES string of the molecule is COC1CCC(c2[nH]ncc2N)CC1. The monoisotopic (exact) mass is 195 g/mol. The van der Waals surface area contributed by atoms with Gasteiger partial charge in [0.15, 0.2) is 0 Å². The highest BCUT2D eigenvalue weighted by Crippen LogP contribution is 2.34. The van der Waals surface area contributed by atoms with E-state index in [4.69, 9.17) is 10.5 Å². The van der Waals surface area contributed by atoms with Crippen molar-refractivity contribution in [3.05, 3.63) is 11.9 Å². The minimum absolute atomic E-state index is 0.440. The molecule has 78 valence electrons. The maximum absolute atomic E-state index is 5.81. The molecule has 0 radical (unpaired) electrons. The van der Waals surface area contributed by atoms with Crippen LogP contribution in [0.1, 0.15) is 37.3 Å². The lowest BCUT2D eigenvalue weighted by molar-refractivity contribution is 0.0655. The molecule has 0 spiro atoms. The summed E-state index contributed by atoms with van der Waals surface area (Å²) in [5, 5.41) is 6.95. The number of H-pyrrole nitrogens is 1. The number of nitrogens with zero attached hydrogens (tertiary/aromatic N) is 1. The van der Waals surface area contributed by atoms with E-state index in [1.165, 1.54) is 0 Å². The number of ether oxygens (including phenoxy) is 1. The first-order chi connectivity index (χ1) is 6.81. The van der Waals surface area contributed by atoms with E-state index in [1.807, 2.05) is 0 Å². The number of methoxy groups -OCH3 is 1. The van der Waals surface area contributed by atoms with E-state index >= 15 is 0 Å². The molecule has 0 aliphatic heterocycles. The van der Waals surface area contributed by atoms with Crippen molar-refractivity contribution < 1.29 is 4.74 Å². The Morgan fingerprint density at radius 1 is 1.43 bits per heavy atom. The van der Waals surface area contributed by atoms with Gasteiger partial charge in [-0.05, 0) is 25.7 Å². The van der Waals surface area contributed by atoms with Gasteiger partial charge in [0.25, 0.3) is 0 Å². The number of rotatable bonds is 2. The van der Waals surface area contributed by atoms with Crippen molar-refractivity contribution in [1.29, 1.82) is 0 Å². The Labute approximate surface area is 83.8 Å². The number of hydrogen-bond donors (Lipinski definition) is 2. The van der Waals surface area contributed by atoms with Crippen LogP contribution in [0, 0.1) is 0 Å². The molecule has 1 aromatic rings. The molecule has 0 aromatic carbocycles. The molecule has 0 amide bonds. The molecule has 0 atom stereocenters. The van der Waals surface area contributed by atoms with E-state index in [2.05, 4.69) is 10.2 Å². The summed E-state index contributed by atoms with van der Waals surface area (Å²) in [4.78, 5) is 0. The standard InChI is InChI=1S/C10H17N3O/c1-14-8-4-2-7(3-5-8)10-9(11)6-12-13-10/h6-8H,2-5,11H2,1H3,(H,12,13). The lowest BCUT2D eigenvalue weighted by Crippen LogP contribution is -2.19. The minimum atomic E-state index is 0.440. The lowest BCUT2D eigenvalue weighted by atomic mass is 9.85. The second-order valence-electron chi connectivity index (χ2n) is 3.95. The first-order valence-corrected chi connectivity index (χ1v) is 5.12. The quantitative estimate of drug-likeness (QED) is 0.754. The Morgan fingerprint density at radius 3 is 2.64 bits per heavy atom. The van der Waals surface area contributed by atoms with Crippen molar-refractivity contribution in [3.8, 4) is 0 Å². The molecule has 0 saturated heterocycles. The second-order valence-corrected chi connectivity index (χ2v) is 3.95. The third-order valence-corrected chi connectivity index (χ3v) is 3.12. The van der Waals surface area contributed by atoms with E-state index in [0.29, 0.717) is 12.0 Å². The normalized spacial score (nSPS) is 27.8. The fourth-order valence-corrected chi connectivity index (χ4v) is 2.22. The molecule has 4 nitrogen and oxygen atoms in total. The summed E-state index contributed by atoms with van der Waals surface area (Å²) < 4.78 is 5.33. The van der Waals surface area contributed by atoms with Crippen LogP contribution in [-0.4, -0.2) is 23.4 Å². The highest BCUT2D eigenvalue weighted by molar-refractivity contribution is 5.42.